The van der Waals surface area contributed by atoms with Gasteiger partial charge in [0.1, 0.15) is 0 Å². The fourth-order valence-electron chi connectivity index (χ4n) is 4.65. The number of fused-ring (bicyclic) bond motifs is 1. The highest BCUT2D eigenvalue weighted by molar-refractivity contribution is 8.16. The summed E-state index contributed by atoms with van der Waals surface area (Å²) in [5.41, 5.74) is 4.06. The largest absolute Gasteiger partial charge is 0.459 e. The van der Waals surface area contributed by atoms with Gasteiger partial charge in [-0.2, -0.15) is 0 Å². The van der Waals surface area contributed by atoms with E-state index >= 15 is 0 Å². The minimum absolute atomic E-state index is 0.0364. The number of morpholine rings is 1. The highest BCUT2D eigenvalue weighted by Gasteiger charge is 2.41. The molecule has 0 aliphatic carbocycles. The van der Waals surface area contributed by atoms with Crippen molar-refractivity contribution in [2.45, 2.75) is 52.7 Å². The smallest absolute Gasteiger partial charge is 0.338 e. The average Bonchev–Trinajstić information content (AvgIpc) is 3.22. The van der Waals surface area contributed by atoms with Crippen molar-refractivity contribution in [3.63, 3.8) is 0 Å². The van der Waals surface area contributed by atoms with Crippen LogP contribution in [0, 0.1) is 6.92 Å². The molecule has 3 heterocycles. The van der Waals surface area contributed by atoms with Gasteiger partial charge in [-0.05, 0) is 51.6 Å². The number of ether oxygens (including phenoxy) is 2. The molecule has 1 aromatic rings. The van der Waals surface area contributed by atoms with Crippen LogP contribution < -0.4 is 5.32 Å². The van der Waals surface area contributed by atoms with Crippen LogP contribution >= 0.6 is 11.8 Å². The monoisotopic (exact) mass is 512 g/mol. The molecule has 1 atom stereocenters. The van der Waals surface area contributed by atoms with Crippen molar-refractivity contribution in [3.8, 4) is 0 Å². The van der Waals surface area contributed by atoms with E-state index in [1.165, 1.54) is 11.8 Å². The summed E-state index contributed by atoms with van der Waals surface area (Å²) in [4.78, 5) is 35.2. The minimum Gasteiger partial charge on any atom is -0.459 e. The Bertz CT molecular complexity index is 1080. The highest BCUT2D eigenvalue weighted by Crippen LogP contribution is 2.45. The SMILES string of the molecule is CC1=C(C(=O)OC(C)C)[C@@H](c2cccc(C)c2)N2C(CC(=O)NCCCN3CCOCC3)=CSC2=N1. The van der Waals surface area contributed by atoms with Gasteiger partial charge >= 0.3 is 5.97 Å². The minimum atomic E-state index is -0.404. The Balaban J connectivity index is 1.48. The molecule has 3 aliphatic rings. The molecule has 8 nitrogen and oxygen atoms in total. The van der Waals surface area contributed by atoms with Crippen molar-refractivity contribution in [1.29, 1.82) is 0 Å². The molecule has 0 bridgehead atoms. The molecule has 0 saturated carbocycles. The van der Waals surface area contributed by atoms with Crippen molar-refractivity contribution in [1.82, 2.24) is 15.1 Å². The Hall–Kier alpha value is -2.62. The number of hydrogen-bond acceptors (Lipinski definition) is 8. The molecule has 3 aliphatic heterocycles. The zero-order valence-electron chi connectivity index (χ0n) is 21.6. The van der Waals surface area contributed by atoms with Gasteiger partial charge < -0.3 is 19.7 Å². The number of carbonyl (C=O) groups excluding carboxylic acids is 2. The molecule has 4 rings (SSSR count). The quantitative estimate of drug-likeness (QED) is 0.399. The normalized spacial score (nSPS) is 20.2. The van der Waals surface area contributed by atoms with Crippen LogP contribution in [-0.4, -0.2) is 72.3 Å². The first-order chi connectivity index (χ1) is 17.3. The molecular formula is C27H36N4O4S. The van der Waals surface area contributed by atoms with Crippen LogP contribution in [0.3, 0.4) is 0 Å². The third kappa shape index (κ3) is 6.38. The lowest BCUT2D eigenvalue weighted by Crippen LogP contribution is -2.39. The Morgan fingerprint density at radius 2 is 2.03 bits per heavy atom. The summed E-state index contributed by atoms with van der Waals surface area (Å²) in [6, 6.07) is 7.71. The first kappa shape index (κ1) is 26.4. The van der Waals surface area contributed by atoms with Crippen LogP contribution in [0.25, 0.3) is 0 Å². The van der Waals surface area contributed by atoms with E-state index in [1.54, 1.807) is 0 Å². The molecule has 0 aromatic heterocycles. The molecule has 0 spiro atoms. The predicted octanol–water partition coefficient (Wildman–Crippen LogP) is 3.75. The van der Waals surface area contributed by atoms with Crippen LogP contribution in [0.5, 0.6) is 0 Å². The van der Waals surface area contributed by atoms with E-state index in [1.807, 2.05) is 56.2 Å². The van der Waals surface area contributed by atoms with Gasteiger partial charge in [-0.25, -0.2) is 9.79 Å². The van der Waals surface area contributed by atoms with Crippen molar-refractivity contribution in [3.05, 3.63) is 57.8 Å². The summed E-state index contributed by atoms with van der Waals surface area (Å²) >= 11 is 1.49. The zero-order chi connectivity index (χ0) is 25.7. The number of thioether (sulfide) groups is 1. The predicted molar refractivity (Wildman–Crippen MR) is 142 cm³/mol. The molecule has 194 valence electrons. The summed E-state index contributed by atoms with van der Waals surface area (Å²) in [6.45, 7) is 12.6. The number of allylic oxidation sites excluding steroid dienone is 1. The van der Waals surface area contributed by atoms with E-state index in [2.05, 4.69) is 16.3 Å². The molecule has 36 heavy (non-hydrogen) atoms. The van der Waals surface area contributed by atoms with Gasteiger partial charge in [0, 0.05) is 25.3 Å². The van der Waals surface area contributed by atoms with Gasteiger partial charge in [0.2, 0.25) is 5.91 Å². The molecular weight excluding hydrogens is 476 g/mol. The Labute approximate surface area is 217 Å². The van der Waals surface area contributed by atoms with Crippen LogP contribution in [0.1, 0.15) is 50.8 Å². The molecule has 0 radical (unpaired) electrons. The van der Waals surface area contributed by atoms with Crippen molar-refractivity contribution < 1.29 is 19.1 Å². The fourth-order valence-corrected chi connectivity index (χ4v) is 5.61. The number of amidine groups is 1. The van der Waals surface area contributed by atoms with Gasteiger partial charge in [0.15, 0.2) is 5.17 Å². The van der Waals surface area contributed by atoms with Crippen LogP contribution in [0.15, 0.2) is 51.6 Å². The number of benzene rings is 1. The zero-order valence-corrected chi connectivity index (χ0v) is 22.4. The lowest BCUT2D eigenvalue weighted by molar-refractivity contribution is -0.143. The third-order valence-corrected chi connectivity index (χ3v) is 7.23. The van der Waals surface area contributed by atoms with E-state index in [-0.39, 0.29) is 24.4 Å². The van der Waals surface area contributed by atoms with E-state index in [9.17, 15) is 9.59 Å². The number of nitrogens with one attached hydrogen (secondary N) is 1. The standard InChI is InChI=1S/C27H36N4O4S/c1-18(2)35-26(33)24-20(4)29-27-31(25(24)21-8-5-7-19(3)15-21)22(17-36-27)16-23(32)28-9-6-10-30-11-13-34-14-12-30/h5,7-8,15,17-18,25H,6,9-14,16H2,1-4H3,(H,28,32)/t25-/m1/s1. The topological polar surface area (TPSA) is 83.5 Å². The van der Waals surface area contributed by atoms with Crippen molar-refractivity contribution >= 4 is 28.8 Å². The maximum atomic E-state index is 13.2. The summed E-state index contributed by atoms with van der Waals surface area (Å²) in [6.07, 6.45) is 0.874. The van der Waals surface area contributed by atoms with Gasteiger partial charge in [0.25, 0.3) is 0 Å². The molecule has 1 N–H and O–H groups in total. The van der Waals surface area contributed by atoms with Gasteiger partial charge in [0.05, 0.1) is 43.1 Å². The summed E-state index contributed by atoms with van der Waals surface area (Å²) < 4.78 is 11.0. The Kier molecular flexibility index (Phi) is 8.87. The number of hydrogen-bond donors (Lipinski definition) is 1. The fraction of sp³-hybridized carbons (Fsp3) is 0.519. The molecule has 1 amide bonds. The number of aryl methyl sites for hydroxylation is 1. The van der Waals surface area contributed by atoms with E-state index in [0.717, 1.165) is 61.3 Å². The maximum absolute atomic E-state index is 13.2. The highest BCUT2D eigenvalue weighted by atomic mass is 32.2. The van der Waals surface area contributed by atoms with Gasteiger partial charge in [-0.15, -0.1) is 0 Å². The molecule has 9 heteroatoms. The van der Waals surface area contributed by atoms with Crippen LogP contribution in [0.2, 0.25) is 0 Å². The first-order valence-corrected chi connectivity index (χ1v) is 13.5. The number of carbonyl (C=O) groups is 2. The number of nitrogens with zero attached hydrogens (tertiary/aromatic N) is 3. The summed E-state index contributed by atoms with van der Waals surface area (Å²) in [5.74, 6) is -0.411. The summed E-state index contributed by atoms with van der Waals surface area (Å²) in [5, 5.41) is 5.80. The van der Waals surface area contributed by atoms with Gasteiger partial charge in [-0.3, -0.25) is 9.69 Å². The van der Waals surface area contributed by atoms with E-state index < -0.39 is 6.04 Å². The Morgan fingerprint density at radius 3 is 2.75 bits per heavy atom. The number of esters is 1. The van der Waals surface area contributed by atoms with Crippen LogP contribution in [-0.2, 0) is 19.1 Å². The average molecular weight is 513 g/mol. The Morgan fingerprint density at radius 1 is 1.25 bits per heavy atom. The number of amides is 1. The first-order valence-electron chi connectivity index (χ1n) is 12.6. The van der Waals surface area contributed by atoms with Gasteiger partial charge in [-0.1, -0.05) is 41.6 Å². The van der Waals surface area contributed by atoms with Crippen LogP contribution in [0.4, 0.5) is 0 Å². The molecule has 0 unspecified atom stereocenters. The maximum Gasteiger partial charge on any atom is 0.338 e. The third-order valence-electron chi connectivity index (χ3n) is 6.34. The van der Waals surface area contributed by atoms with Crippen molar-refractivity contribution in [2.24, 2.45) is 4.99 Å². The molecule has 1 aromatic carbocycles. The number of aliphatic imine (C=N–C) groups is 1. The second-order valence-electron chi connectivity index (χ2n) is 9.60. The second kappa shape index (κ2) is 12.1. The van der Waals surface area contributed by atoms with Crippen molar-refractivity contribution in [2.75, 3.05) is 39.4 Å². The molecule has 1 fully saturated rings. The van der Waals surface area contributed by atoms with E-state index in [4.69, 9.17) is 14.5 Å². The second-order valence-corrected chi connectivity index (χ2v) is 10.4. The lowest BCUT2D eigenvalue weighted by atomic mass is 9.93. The molecule has 1 saturated heterocycles. The number of rotatable bonds is 9. The lowest BCUT2D eigenvalue weighted by Gasteiger charge is -2.36. The van der Waals surface area contributed by atoms with E-state index in [0.29, 0.717) is 17.8 Å². The summed E-state index contributed by atoms with van der Waals surface area (Å²) in [7, 11) is 0.